The first kappa shape index (κ1) is 10.6. The van der Waals surface area contributed by atoms with Gasteiger partial charge in [-0.05, 0) is 37.4 Å². The number of fused-ring (bicyclic) bond motifs is 1. The van der Waals surface area contributed by atoms with E-state index in [0.717, 1.165) is 18.7 Å². The van der Waals surface area contributed by atoms with E-state index in [4.69, 9.17) is 0 Å². The molecule has 0 amide bonds. The zero-order chi connectivity index (χ0) is 11.1. The van der Waals surface area contributed by atoms with Crippen molar-refractivity contribution in [3.63, 3.8) is 0 Å². The second-order valence-electron chi connectivity index (χ2n) is 3.81. The van der Waals surface area contributed by atoms with Crippen molar-refractivity contribution < 1.29 is 8.42 Å². The largest absolute Gasteiger partial charge is 0.298 e. The monoisotopic (exact) mass is 226 g/mol. The van der Waals surface area contributed by atoms with Gasteiger partial charge in [-0.1, -0.05) is 6.07 Å². The molecule has 0 atom stereocenters. The Kier molecular flexibility index (Phi) is 2.54. The maximum absolute atomic E-state index is 11.6. The van der Waals surface area contributed by atoms with Gasteiger partial charge in [0.1, 0.15) is 0 Å². The summed E-state index contributed by atoms with van der Waals surface area (Å²) in [6, 6.07) is 5.30. The third-order valence-electron chi connectivity index (χ3n) is 2.64. The van der Waals surface area contributed by atoms with E-state index < -0.39 is 10.0 Å². The van der Waals surface area contributed by atoms with E-state index in [2.05, 4.69) is 9.62 Å². The van der Waals surface area contributed by atoms with E-state index in [9.17, 15) is 8.42 Å². The van der Waals surface area contributed by atoms with Gasteiger partial charge in [-0.15, -0.1) is 0 Å². The second-order valence-corrected chi connectivity index (χ2v) is 5.70. The van der Waals surface area contributed by atoms with Crippen LogP contribution in [-0.2, 0) is 23.1 Å². The maximum atomic E-state index is 11.6. The topological polar surface area (TPSA) is 49.4 Å². The standard InChI is InChI=1S/C10H14N2O2S/c1-11-15(13,14)10-4-3-8-6-12(2)7-9(8)5-10/h3-5,11H,6-7H2,1-2H3. The summed E-state index contributed by atoms with van der Waals surface area (Å²) in [5.74, 6) is 0. The van der Waals surface area contributed by atoms with E-state index in [1.165, 1.54) is 12.6 Å². The molecule has 1 aromatic carbocycles. The van der Waals surface area contributed by atoms with Gasteiger partial charge in [0.15, 0.2) is 0 Å². The molecule has 1 aromatic rings. The number of rotatable bonds is 2. The summed E-state index contributed by atoms with van der Waals surface area (Å²) in [6.45, 7) is 1.72. The van der Waals surface area contributed by atoms with Gasteiger partial charge in [0.25, 0.3) is 0 Å². The molecule has 0 aliphatic carbocycles. The van der Waals surface area contributed by atoms with E-state index in [-0.39, 0.29) is 0 Å². The Bertz CT molecular complexity index is 482. The molecule has 0 fully saturated rings. The van der Waals surface area contributed by atoms with Crippen LogP contribution in [0.25, 0.3) is 0 Å². The van der Waals surface area contributed by atoms with E-state index in [1.807, 2.05) is 13.1 Å². The van der Waals surface area contributed by atoms with Crippen LogP contribution in [-0.4, -0.2) is 27.4 Å². The average Bonchev–Trinajstić information content (AvgIpc) is 2.56. The lowest BCUT2D eigenvalue weighted by atomic mass is 10.1. The lowest BCUT2D eigenvalue weighted by Gasteiger charge is -2.04. The van der Waals surface area contributed by atoms with Crippen LogP contribution in [0, 0.1) is 0 Å². The molecule has 82 valence electrons. The SMILES string of the molecule is CNS(=O)(=O)c1ccc2c(c1)CN(C)C2. The third-order valence-corrected chi connectivity index (χ3v) is 4.05. The fourth-order valence-corrected chi connectivity index (χ4v) is 2.61. The number of hydrogen-bond acceptors (Lipinski definition) is 3. The minimum absolute atomic E-state index is 0.346. The van der Waals surface area contributed by atoms with Crippen LogP contribution in [0.2, 0.25) is 0 Å². The van der Waals surface area contributed by atoms with Crippen molar-refractivity contribution in [1.82, 2.24) is 9.62 Å². The van der Waals surface area contributed by atoms with Crippen LogP contribution in [0.1, 0.15) is 11.1 Å². The fraction of sp³-hybridized carbons (Fsp3) is 0.400. The molecule has 5 heteroatoms. The predicted octanol–water partition coefficient (Wildman–Crippen LogP) is 0.540. The van der Waals surface area contributed by atoms with Gasteiger partial charge in [-0.25, -0.2) is 13.1 Å². The summed E-state index contributed by atoms with van der Waals surface area (Å²) in [5, 5.41) is 0. The summed E-state index contributed by atoms with van der Waals surface area (Å²) >= 11 is 0. The number of hydrogen-bond donors (Lipinski definition) is 1. The lowest BCUT2D eigenvalue weighted by Crippen LogP contribution is -2.18. The zero-order valence-corrected chi connectivity index (χ0v) is 9.63. The molecule has 1 aliphatic heterocycles. The van der Waals surface area contributed by atoms with Gasteiger partial charge < -0.3 is 0 Å². The molecule has 0 bridgehead atoms. The van der Waals surface area contributed by atoms with Crippen molar-refractivity contribution in [3.8, 4) is 0 Å². The molecule has 0 saturated carbocycles. The highest BCUT2D eigenvalue weighted by atomic mass is 32.2. The first-order valence-corrected chi connectivity index (χ1v) is 6.25. The van der Waals surface area contributed by atoms with E-state index in [0.29, 0.717) is 4.90 Å². The lowest BCUT2D eigenvalue weighted by molar-refractivity contribution is 0.353. The van der Waals surface area contributed by atoms with Gasteiger partial charge >= 0.3 is 0 Å². The first-order valence-electron chi connectivity index (χ1n) is 4.77. The van der Waals surface area contributed by atoms with Crippen molar-refractivity contribution in [2.75, 3.05) is 14.1 Å². The Morgan fingerprint density at radius 2 is 1.93 bits per heavy atom. The van der Waals surface area contributed by atoms with Crippen LogP contribution in [0.3, 0.4) is 0 Å². The molecule has 0 aromatic heterocycles. The highest BCUT2D eigenvalue weighted by Gasteiger charge is 2.19. The van der Waals surface area contributed by atoms with Crippen molar-refractivity contribution >= 4 is 10.0 Å². The predicted molar refractivity (Wildman–Crippen MR) is 57.9 cm³/mol. The van der Waals surface area contributed by atoms with E-state index >= 15 is 0 Å². The molecule has 15 heavy (non-hydrogen) atoms. The molecule has 0 spiro atoms. The number of nitrogens with one attached hydrogen (secondary N) is 1. The van der Waals surface area contributed by atoms with Crippen molar-refractivity contribution in [2.45, 2.75) is 18.0 Å². The summed E-state index contributed by atoms with van der Waals surface area (Å²) in [5.41, 5.74) is 2.32. The highest BCUT2D eigenvalue weighted by molar-refractivity contribution is 7.89. The Morgan fingerprint density at radius 3 is 2.60 bits per heavy atom. The fourth-order valence-electron chi connectivity index (χ4n) is 1.83. The zero-order valence-electron chi connectivity index (χ0n) is 8.82. The van der Waals surface area contributed by atoms with Crippen molar-refractivity contribution in [3.05, 3.63) is 29.3 Å². The Hall–Kier alpha value is -0.910. The normalized spacial score (nSPS) is 16.7. The van der Waals surface area contributed by atoms with Crippen molar-refractivity contribution in [2.24, 2.45) is 0 Å². The van der Waals surface area contributed by atoms with Gasteiger partial charge in [0.2, 0.25) is 10.0 Å². The third kappa shape index (κ3) is 1.90. The smallest absolute Gasteiger partial charge is 0.240 e. The summed E-state index contributed by atoms with van der Waals surface area (Å²) in [4.78, 5) is 2.50. The number of benzene rings is 1. The van der Waals surface area contributed by atoms with Gasteiger partial charge in [-0.2, -0.15) is 0 Å². The molecule has 0 unspecified atom stereocenters. The molecular weight excluding hydrogens is 212 g/mol. The van der Waals surface area contributed by atoms with Gasteiger partial charge in [0, 0.05) is 13.1 Å². The van der Waals surface area contributed by atoms with Crippen LogP contribution in [0.4, 0.5) is 0 Å². The Labute approximate surface area is 90.0 Å². The van der Waals surface area contributed by atoms with E-state index in [1.54, 1.807) is 12.1 Å². The summed E-state index contributed by atoms with van der Waals surface area (Å²) < 4.78 is 25.4. The maximum Gasteiger partial charge on any atom is 0.240 e. The molecule has 0 radical (unpaired) electrons. The van der Waals surface area contributed by atoms with Crippen LogP contribution in [0.15, 0.2) is 23.1 Å². The van der Waals surface area contributed by atoms with Crippen LogP contribution < -0.4 is 4.72 Å². The van der Waals surface area contributed by atoms with Gasteiger partial charge in [-0.3, -0.25) is 4.90 Å². The molecule has 1 N–H and O–H groups in total. The van der Waals surface area contributed by atoms with Crippen LogP contribution in [0.5, 0.6) is 0 Å². The summed E-state index contributed by atoms with van der Waals surface area (Å²) in [6.07, 6.45) is 0. The molecule has 1 aliphatic rings. The first-order chi connectivity index (χ1) is 7.03. The minimum atomic E-state index is -3.31. The minimum Gasteiger partial charge on any atom is -0.298 e. The molecule has 4 nitrogen and oxygen atoms in total. The Balaban J connectivity index is 2.44. The summed E-state index contributed by atoms with van der Waals surface area (Å²) in [7, 11) is 0.140. The second kappa shape index (κ2) is 3.59. The molecule has 0 saturated heterocycles. The average molecular weight is 226 g/mol. The van der Waals surface area contributed by atoms with Crippen LogP contribution >= 0.6 is 0 Å². The molecule has 2 rings (SSSR count). The molecule has 1 heterocycles. The molecular formula is C10H14N2O2S. The number of nitrogens with zero attached hydrogens (tertiary/aromatic N) is 1. The number of sulfonamides is 1. The quantitative estimate of drug-likeness (QED) is 0.800. The highest BCUT2D eigenvalue weighted by Crippen LogP contribution is 2.23. The Morgan fingerprint density at radius 1 is 1.27 bits per heavy atom. The van der Waals surface area contributed by atoms with Gasteiger partial charge in [0.05, 0.1) is 4.90 Å². The van der Waals surface area contributed by atoms with Crippen molar-refractivity contribution in [1.29, 1.82) is 0 Å².